The highest BCUT2D eigenvalue weighted by Gasteiger charge is 2.13. The number of hydrogen-bond donors (Lipinski definition) is 1. The number of carbonyl (C=O) groups excluding carboxylic acids is 1. The van der Waals surface area contributed by atoms with E-state index in [1.54, 1.807) is 56.7 Å². The lowest BCUT2D eigenvalue weighted by Crippen LogP contribution is -2.12. The van der Waals surface area contributed by atoms with E-state index in [1.165, 1.54) is 0 Å². The van der Waals surface area contributed by atoms with Crippen LogP contribution in [0.3, 0.4) is 0 Å². The largest absolute Gasteiger partial charge is 0.493 e. The molecule has 0 radical (unpaired) electrons. The monoisotopic (exact) mass is 387 g/mol. The van der Waals surface area contributed by atoms with Gasteiger partial charge in [-0.2, -0.15) is 4.98 Å². The predicted molar refractivity (Wildman–Crippen MR) is 101 cm³/mol. The van der Waals surface area contributed by atoms with Gasteiger partial charge in [-0.15, -0.1) is 0 Å². The van der Waals surface area contributed by atoms with E-state index in [2.05, 4.69) is 15.5 Å². The first-order valence-electron chi connectivity index (χ1n) is 8.20. The number of ether oxygens (including phenoxy) is 2. The van der Waals surface area contributed by atoms with Crippen LogP contribution < -0.4 is 14.8 Å². The highest BCUT2D eigenvalue weighted by molar-refractivity contribution is 6.33. The molecule has 3 rings (SSSR count). The highest BCUT2D eigenvalue weighted by atomic mass is 35.5. The number of methoxy groups -OCH3 is 2. The maximum Gasteiger partial charge on any atom is 0.227 e. The van der Waals surface area contributed by atoms with Crippen molar-refractivity contribution < 1.29 is 18.8 Å². The number of aryl methyl sites for hydroxylation is 1. The zero-order valence-electron chi connectivity index (χ0n) is 14.9. The topological polar surface area (TPSA) is 86.5 Å². The first kappa shape index (κ1) is 18.7. The fourth-order valence-electron chi connectivity index (χ4n) is 2.44. The summed E-state index contributed by atoms with van der Waals surface area (Å²) in [6.07, 6.45) is 0.509. The van der Waals surface area contributed by atoms with E-state index >= 15 is 0 Å². The second-order valence-electron chi connectivity index (χ2n) is 5.61. The number of rotatable bonds is 7. The molecule has 0 spiro atoms. The van der Waals surface area contributed by atoms with Crippen LogP contribution in [-0.2, 0) is 11.2 Å². The van der Waals surface area contributed by atoms with E-state index in [9.17, 15) is 4.79 Å². The smallest absolute Gasteiger partial charge is 0.227 e. The first-order chi connectivity index (χ1) is 13.1. The Hall–Kier alpha value is -3.06. The lowest BCUT2D eigenvalue weighted by atomic mass is 10.2. The first-order valence-corrected chi connectivity index (χ1v) is 8.58. The van der Waals surface area contributed by atoms with Crippen LogP contribution in [0.15, 0.2) is 47.0 Å². The maximum atomic E-state index is 12.1. The Balaban J connectivity index is 1.63. The minimum Gasteiger partial charge on any atom is -0.493 e. The summed E-state index contributed by atoms with van der Waals surface area (Å²) in [4.78, 5) is 16.4. The molecule has 0 saturated heterocycles. The summed E-state index contributed by atoms with van der Waals surface area (Å²) in [5.74, 6) is 1.78. The molecule has 0 fully saturated rings. The molecule has 1 aromatic heterocycles. The molecule has 2 aromatic carbocycles. The van der Waals surface area contributed by atoms with Crippen molar-refractivity contribution in [2.24, 2.45) is 0 Å². The molecule has 0 aliphatic carbocycles. The molecular weight excluding hydrogens is 370 g/mol. The second kappa shape index (κ2) is 8.55. The van der Waals surface area contributed by atoms with Crippen molar-refractivity contribution in [3.8, 4) is 22.9 Å². The normalized spacial score (nSPS) is 10.5. The summed E-state index contributed by atoms with van der Waals surface area (Å²) >= 11 is 6.03. The molecule has 0 atom stereocenters. The molecule has 0 saturated carbocycles. The minimum absolute atomic E-state index is 0.186. The summed E-state index contributed by atoms with van der Waals surface area (Å²) in [6, 6.07) is 12.4. The standard InChI is InChI=1S/C19H18ClN3O4/c1-25-15-8-7-12(11-16(15)26-2)19-22-18(27-23-19)10-9-17(24)21-14-6-4-3-5-13(14)20/h3-8,11H,9-10H2,1-2H3,(H,21,24). The molecule has 1 amide bonds. The van der Waals surface area contributed by atoms with Crippen molar-refractivity contribution in [2.45, 2.75) is 12.8 Å². The van der Waals surface area contributed by atoms with Gasteiger partial charge in [-0.3, -0.25) is 4.79 Å². The second-order valence-corrected chi connectivity index (χ2v) is 6.02. The third kappa shape index (κ3) is 4.57. The zero-order chi connectivity index (χ0) is 19.2. The Morgan fingerprint density at radius 3 is 2.67 bits per heavy atom. The number of anilines is 1. The van der Waals surface area contributed by atoms with Crippen LogP contribution >= 0.6 is 11.6 Å². The molecule has 27 heavy (non-hydrogen) atoms. The number of halogens is 1. The van der Waals surface area contributed by atoms with Crippen LogP contribution in [0.4, 0.5) is 5.69 Å². The maximum absolute atomic E-state index is 12.1. The summed E-state index contributed by atoms with van der Waals surface area (Å²) in [7, 11) is 3.12. The van der Waals surface area contributed by atoms with Gasteiger partial charge in [0, 0.05) is 18.4 Å². The number of para-hydroxylation sites is 1. The van der Waals surface area contributed by atoms with Gasteiger partial charge in [0.1, 0.15) is 0 Å². The van der Waals surface area contributed by atoms with Gasteiger partial charge in [0.2, 0.25) is 17.6 Å². The van der Waals surface area contributed by atoms with Crippen molar-refractivity contribution >= 4 is 23.2 Å². The third-order valence-corrected chi connectivity index (χ3v) is 4.15. The number of nitrogens with one attached hydrogen (secondary N) is 1. The summed E-state index contributed by atoms with van der Waals surface area (Å²) in [5, 5.41) is 7.20. The fourth-order valence-corrected chi connectivity index (χ4v) is 2.63. The average Bonchev–Trinajstić information content (AvgIpc) is 3.16. The van der Waals surface area contributed by atoms with Crippen LogP contribution in [0.25, 0.3) is 11.4 Å². The Bertz CT molecular complexity index is 942. The molecule has 0 aliphatic rings. The molecule has 1 N–H and O–H groups in total. The van der Waals surface area contributed by atoms with E-state index in [1.807, 2.05) is 0 Å². The number of benzene rings is 2. The Morgan fingerprint density at radius 2 is 1.93 bits per heavy atom. The van der Waals surface area contributed by atoms with Crippen LogP contribution in [-0.4, -0.2) is 30.3 Å². The van der Waals surface area contributed by atoms with E-state index in [4.69, 9.17) is 25.6 Å². The number of carbonyl (C=O) groups is 1. The van der Waals surface area contributed by atoms with Crippen LogP contribution in [0.2, 0.25) is 5.02 Å². The molecule has 3 aromatic rings. The molecule has 140 valence electrons. The minimum atomic E-state index is -0.186. The van der Waals surface area contributed by atoms with E-state index in [0.717, 1.165) is 5.56 Å². The molecule has 1 heterocycles. The van der Waals surface area contributed by atoms with Gasteiger partial charge in [0.25, 0.3) is 0 Å². The van der Waals surface area contributed by atoms with E-state index < -0.39 is 0 Å². The Labute approximate surface area is 161 Å². The van der Waals surface area contributed by atoms with Crippen LogP contribution in [0.5, 0.6) is 11.5 Å². The number of amides is 1. The molecular formula is C19H18ClN3O4. The third-order valence-electron chi connectivity index (χ3n) is 3.82. The van der Waals surface area contributed by atoms with Gasteiger partial charge in [-0.05, 0) is 30.3 Å². The van der Waals surface area contributed by atoms with Crippen molar-refractivity contribution in [3.05, 3.63) is 53.4 Å². The fraction of sp³-hybridized carbons (Fsp3) is 0.211. The summed E-state index contributed by atoms with van der Waals surface area (Å²) in [6.45, 7) is 0. The molecule has 0 unspecified atom stereocenters. The van der Waals surface area contributed by atoms with Crippen LogP contribution in [0, 0.1) is 0 Å². The molecule has 0 aliphatic heterocycles. The predicted octanol–water partition coefficient (Wildman–Crippen LogP) is 3.98. The van der Waals surface area contributed by atoms with Crippen molar-refractivity contribution in [2.75, 3.05) is 19.5 Å². The average molecular weight is 388 g/mol. The number of nitrogens with zero attached hydrogens (tertiary/aromatic N) is 2. The zero-order valence-corrected chi connectivity index (χ0v) is 15.6. The Kier molecular flexibility index (Phi) is 5.93. The lowest BCUT2D eigenvalue weighted by Gasteiger charge is -2.07. The van der Waals surface area contributed by atoms with Gasteiger partial charge in [0.05, 0.1) is 24.9 Å². The SMILES string of the molecule is COc1ccc(-c2noc(CCC(=O)Nc3ccccc3Cl)n2)cc1OC. The Morgan fingerprint density at radius 1 is 1.15 bits per heavy atom. The summed E-state index contributed by atoms with van der Waals surface area (Å²) < 4.78 is 15.7. The van der Waals surface area contributed by atoms with Crippen molar-refractivity contribution in [3.63, 3.8) is 0 Å². The number of hydrogen-bond acceptors (Lipinski definition) is 6. The van der Waals surface area contributed by atoms with Crippen molar-refractivity contribution in [1.29, 1.82) is 0 Å². The molecule has 0 bridgehead atoms. The molecule has 7 nitrogen and oxygen atoms in total. The van der Waals surface area contributed by atoms with Gasteiger partial charge in [-0.25, -0.2) is 0 Å². The highest BCUT2D eigenvalue weighted by Crippen LogP contribution is 2.31. The van der Waals surface area contributed by atoms with E-state index in [0.29, 0.717) is 40.3 Å². The van der Waals surface area contributed by atoms with Gasteiger partial charge < -0.3 is 19.3 Å². The van der Waals surface area contributed by atoms with Crippen LogP contribution in [0.1, 0.15) is 12.3 Å². The molecule has 8 heteroatoms. The quantitative estimate of drug-likeness (QED) is 0.659. The lowest BCUT2D eigenvalue weighted by molar-refractivity contribution is -0.116. The van der Waals surface area contributed by atoms with Gasteiger partial charge in [0.15, 0.2) is 11.5 Å². The number of aromatic nitrogens is 2. The van der Waals surface area contributed by atoms with E-state index in [-0.39, 0.29) is 12.3 Å². The van der Waals surface area contributed by atoms with Gasteiger partial charge >= 0.3 is 0 Å². The van der Waals surface area contributed by atoms with Crippen molar-refractivity contribution in [1.82, 2.24) is 10.1 Å². The van der Waals surface area contributed by atoms with Gasteiger partial charge in [-0.1, -0.05) is 28.9 Å². The summed E-state index contributed by atoms with van der Waals surface area (Å²) in [5.41, 5.74) is 1.30.